The van der Waals surface area contributed by atoms with Gasteiger partial charge in [-0.3, -0.25) is 4.79 Å². The average molecular weight is 373 g/mol. The van der Waals surface area contributed by atoms with Crippen molar-refractivity contribution in [3.63, 3.8) is 0 Å². The maximum absolute atomic E-state index is 13.6. The molecule has 0 spiro atoms. The Morgan fingerprint density at radius 1 is 1.12 bits per heavy atom. The van der Waals surface area contributed by atoms with Crippen LogP contribution in [0.5, 0.6) is 0 Å². The van der Waals surface area contributed by atoms with Crippen LogP contribution < -0.4 is 10.6 Å². The molecule has 1 atom stereocenters. The van der Waals surface area contributed by atoms with Gasteiger partial charge in [0.05, 0.1) is 10.7 Å². The Hall–Kier alpha value is -2.80. The van der Waals surface area contributed by atoms with E-state index in [1.54, 1.807) is 18.3 Å². The molecule has 0 aliphatic rings. The highest BCUT2D eigenvalue weighted by molar-refractivity contribution is 7.09. The molecule has 0 saturated heterocycles. The minimum absolute atomic E-state index is 0.444. The standard InChI is InChI=1S/C19H17F2N3OS/c1-11(19(25)24-18-15(20)4-3-5-16(18)21)22-14-8-6-13(7-9-14)17-10-26-12(2)23-17/h3-11,22H,1-2H3,(H,24,25). The second-order valence-corrected chi connectivity index (χ2v) is 6.84. The summed E-state index contributed by atoms with van der Waals surface area (Å²) >= 11 is 1.58. The van der Waals surface area contributed by atoms with Crippen molar-refractivity contribution in [3.05, 3.63) is 64.5 Å². The number of thiazole rings is 1. The number of para-hydroxylation sites is 1. The zero-order valence-corrected chi connectivity index (χ0v) is 15.0. The van der Waals surface area contributed by atoms with Crippen LogP contribution in [0.15, 0.2) is 47.8 Å². The molecular weight excluding hydrogens is 356 g/mol. The van der Waals surface area contributed by atoms with E-state index in [2.05, 4.69) is 15.6 Å². The van der Waals surface area contributed by atoms with Crippen molar-refractivity contribution in [1.29, 1.82) is 0 Å². The zero-order chi connectivity index (χ0) is 18.7. The van der Waals surface area contributed by atoms with E-state index in [1.807, 2.05) is 36.6 Å². The van der Waals surface area contributed by atoms with Gasteiger partial charge in [-0.15, -0.1) is 11.3 Å². The number of hydrogen-bond acceptors (Lipinski definition) is 4. The first-order chi connectivity index (χ1) is 12.4. The number of carbonyl (C=O) groups excluding carboxylic acids is 1. The Labute approximate surface area is 153 Å². The largest absolute Gasteiger partial charge is 0.374 e. The summed E-state index contributed by atoms with van der Waals surface area (Å²) in [4.78, 5) is 16.6. The van der Waals surface area contributed by atoms with Crippen molar-refractivity contribution in [2.75, 3.05) is 10.6 Å². The van der Waals surface area contributed by atoms with Crippen molar-refractivity contribution >= 4 is 28.6 Å². The maximum atomic E-state index is 13.6. The lowest BCUT2D eigenvalue weighted by molar-refractivity contribution is -0.116. The molecule has 7 heteroatoms. The molecule has 3 aromatic rings. The second-order valence-electron chi connectivity index (χ2n) is 5.78. The third-order valence-corrected chi connectivity index (χ3v) is 4.56. The van der Waals surface area contributed by atoms with Gasteiger partial charge in [-0.1, -0.05) is 18.2 Å². The molecule has 0 radical (unpaired) electrons. The number of halogens is 2. The van der Waals surface area contributed by atoms with Crippen molar-refractivity contribution in [2.24, 2.45) is 0 Å². The lowest BCUT2D eigenvalue weighted by Gasteiger charge is -2.16. The quantitative estimate of drug-likeness (QED) is 0.673. The van der Waals surface area contributed by atoms with E-state index < -0.39 is 29.3 Å². The summed E-state index contributed by atoms with van der Waals surface area (Å²) < 4.78 is 27.3. The number of carbonyl (C=O) groups is 1. The van der Waals surface area contributed by atoms with Crippen LogP contribution >= 0.6 is 11.3 Å². The molecule has 0 aliphatic heterocycles. The SMILES string of the molecule is Cc1nc(-c2ccc(NC(C)C(=O)Nc3c(F)cccc3F)cc2)cs1. The van der Waals surface area contributed by atoms with Crippen molar-refractivity contribution in [3.8, 4) is 11.3 Å². The van der Waals surface area contributed by atoms with Crippen LogP contribution in [0.25, 0.3) is 11.3 Å². The van der Waals surface area contributed by atoms with Crippen LogP contribution in [0.1, 0.15) is 11.9 Å². The number of aryl methyl sites for hydroxylation is 1. The fourth-order valence-corrected chi connectivity index (χ4v) is 3.02. The lowest BCUT2D eigenvalue weighted by Crippen LogP contribution is -2.32. The molecule has 1 unspecified atom stereocenters. The Morgan fingerprint density at radius 3 is 2.35 bits per heavy atom. The fraction of sp³-hybridized carbons (Fsp3) is 0.158. The smallest absolute Gasteiger partial charge is 0.246 e. The third-order valence-electron chi connectivity index (χ3n) is 3.79. The zero-order valence-electron chi connectivity index (χ0n) is 14.2. The van der Waals surface area contributed by atoms with Gasteiger partial charge in [0.15, 0.2) is 0 Å². The Kier molecular flexibility index (Phi) is 5.27. The molecule has 3 rings (SSSR count). The van der Waals surface area contributed by atoms with E-state index in [0.717, 1.165) is 34.1 Å². The molecule has 134 valence electrons. The Bertz CT molecular complexity index is 905. The summed E-state index contributed by atoms with van der Waals surface area (Å²) in [6.45, 7) is 3.56. The van der Waals surface area contributed by atoms with E-state index in [4.69, 9.17) is 0 Å². The Morgan fingerprint density at radius 2 is 1.77 bits per heavy atom. The van der Waals surface area contributed by atoms with Gasteiger partial charge in [0, 0.05) is 16.6 Å². The number of benzene rings is 2. The predicted octanol–water partition coefficient (Wildman–Crippen LogP) is 4.84. The first kappa shape index (κ1) is 18.0. The minimum Gasteiger partial charge on any atom is -0.374 e. The molecule has 0 fully saturated rings. The van der Waals surface area contributed by atoms with Gasteiger partial charge in [0.1, 0.15) is 23.4 Å². The molecule has 0 saturated carbocycles. The van der Waals surface area contributed by atoms with E-state index in [9.17, 15) is 13.6 Å². The van der Waals surface area contributed by atoms with Gasteiger partial charge in [0.25, 0.3) is 0 Å². The maximum Gasteiger partial charge on any atom is 0.246 e. The second kappa shape index (κ2) is 7.61. The fourth-order valence-electron chi connectivity index (χ4n) is 2.40. The van der Waals surface area contributed by atoms with Gasteiger partial charge >= 0.3 is 0 Å². The van der Waals surface area contributed by atoms with Crippen LogP contribution in [-0.4, -0.2) is 16.9 Å². The third kappa shape index (κ3) is 4.05. The van der Waals surface area contributed by atoms with Crippen LogP contribution in [0.2, 0.25) is 0 Å². The number of nitrogens with zero attached hydrogens (tertiary/aromatic N) is 1. The van der Waals surface area contributed by atoms with Crippen LogP contribution in [0.3, 0.4) is 0 Å². The van der Waals surface area contributed by atoms with Gasteiger partial charge in [-0.2, -0.15) is 0 Å². The predicted molar refractivity (Wildman–Crippen MR) is 100 cm³/mol. The van der Waals surface area contributed by atoms with E-state index in [-0.39, 0.29) is 0 Å². The summed E-state index contributed by atoms with van der Waals surface area (Å²) in [5, 5.41) is 8.26. The molecule has 2 N–H and O–H groups in total. The number of aromatic nitrogens is 1. The normalized spacial score (nSPS) is 11.8. The van der Waals surface area contributed by atoms with Crippen LogP contribution in [0.4, 0.5) is 20.2 Å². The van der Waals surface area contributed by atoms with E-state index in [0.29, 0.717) is 0 Å². The minimum atomic E-state index is -0.812. The first-order valence-electron chi connectivity index (χ1n) is 7.98. The molecule has 0 bridgehead atoms. The number of anilines is 2. The Balaban J connectivity index is 1.65. The number of nitrogens with one attached hydrogen (secondary N) is 2. The summed E-state index contributed by atoms with van der Waals surface area (Å²) in [6, 6.07) is 10.2. The van der Waals surface area contributed by atoms with Crippen molar-refractivity contribution < 1.29 is 13.6 Å². The highest BCUT2D eigenvalue weighted by atomic mass is 32.1. The van der Waals surface area contributed by atoms with E-state index >= 15 is 0 Å². The number of amides is 1. The van der Waals surface area contributed by atoms with Gasteiger partial charge in [-0.05, 0) is 38.1 Å². The van der Waals surface area contributed by atoms with Crippen molar-refractivity contribution in [1.82, 2.24) is 4.98 Å². The van der Waals surface area contributed by atoms with Crippen LogP contribution in [-0.2, 0) is 4.79 Å². The summed E-state index contributed by atoms with van der Waals surface area (Å²) in [6.07, 6.45) is 0. The lowest BCUT2D eigenvalue weighted by atomic mass is 10.1. The number of hydrogen-bond donors (Lipinski definition) is 2. The molecule has 26 heavy (non-hydrogen) atoms. The molecule has 1 aromatic heterocycles. The van der Waals surface area contributed by atoms with Gasteiger partial charge in [-0.25, -0.2) is 13.8 Å². The molecule has 1 amide bonds. The molecular formula is C19H17F2N3OS. The average Bonchev–Trinajstić information content (AvgIpc) is 3.05. The molecule has 2 aromatic carbocycles. The monoisotopic (exact) mass is 373 g/mol. The van der Waals surface area contributed by atoms with Crippen molar-refractivity contribution in [2.45, 2.75) is 19.9 Å². The first-order valence-corrected chi connectivity index (χ1v) is 8.86. The van der Waals surface area contributed by atoms with E-state index in [1.165, 1.54) is 6.07 Å². The number of rotatable bonds is 5. The molecule has 4 nitrogen and oxygen atoms in total. The summed E-state index contributed by atoms with van der Waals surface area (Å²) in [5.41, 5.74) is 2.16. The summed E-state index contributed by atoms with van der Waals surface area (Å²) in [7, 11) is 0. The van der Waals surface area contributed by atoms with Gasteiger partial charge < -0.3 is 10.6 Å². The molecule has 1 heterocycles. The highest BCUT2D eigenvalue weighted by Gasteiger charge is 2.17. The highest BCUT2D eigenvalue weighted by Crippen LogP contribution is 2.23. The van der Waals surface area contributed by atoms with Crippen LogP contribution in [0, 0.1) is 18.6 Å². The summed E-state index contributed by atoms with van der Waals surface area (Å²) in [5.74, 6) is -2.16. The van der Waals surface area contributed by atoms with Gasteiger partial charge in [0.2, 0.25) is 5.91 Å². The molecule has 0 aliphatic carbocycles. The topological polar surface area (TPSA) is 54.0 Å².